The Morgan fingerprint density at radius 3 is 2.63 bits per heavy atom. The molecule has 0 radical (unpaired) electrons. The van der Waals surface area contributed by atoms with Gasteiger partial charge in [-0.2, -0.15) is 0 Å². The van der Waals surface area contributed by atoms with Gasteiger partial charge in [-0.1, -0.05) is 37.3 Å². The molecule has 0 bridgehead atoms. The highest BCUT2D eigenvalue weighted by Crippen LogP contribution is 2.19. The van der Waals surface area contributed by atoms with Crippen molar-refractivity contribution in [2.75, 3.05) is 11.5 Å². The Balaban J connectivity index is 1.85. The summed E-state index contributed by atoms with van der Waals surface area (Å²) in [5, 5.41) is 2.82. The maximum Gasteiger partial charge on any atom is 0.220 e. The second-order valence-corrected chi connectivity index (χ2v) is 7.41. The third-order valence-corrected chi connectivity index (χ3v) is 5.23. The molecule has 2 rings (SSSR count). The summed E-state index contributed by atoms with van der Waals surface area (Å²) in [5.74, 6) is 0.336. The molecule has 2 unspecified atom stereocenters. The summed E-state index contributed by atoms with van der Waals surface area (Å²) in [7, 11) is -2.94. The van der Waals surface area contributed by atoms with Crippen LogP contribution >= 0.6 is 0 Å². The summed E-state index contributed by atoms with van der Waals surface area (Å²) in [6, 6.07) is 9.64. The van der Waals surface area contributed by atoms with Crippen molar-refractivity contribution >= 4 is 15.7 Å². The van der Waals surface area contributed by atoms with Gasteiger partial charge < -0.3 is 5.32 Å². The number of amides is 1. The topological polar surface area (TPSA) is 63.2 Å². The van der Waals surface area contributed by atoms with E-state index in [9.17, 15) is 13.2 Å². The van der Waals surface area contributed by atoms with Crippen LogP contribution in [0.5, 0.6) is 0 Å². The Morgan fingerprint density at radius 2 is 2.05 bits per heavy atom. The van der Waals surface area contributed by atoms with E-state index < -0.39 is 9.84 Å². The zero-order chi connectivity index (χ0) is 13.9. The molecule has 104 valence electrons. The maximum absolute atomic E-state index is 11.9. The quantitative estimate of drug-likeness (QED) is 0.909. The van der Waals surface area contributed by atoms with Gasteiger partial charge >= 0.3 is 0 Å². The molecule has 1 amide bonds. The predicted molar refractivity (Wildman–Crippen MR) is 74.7 cm³/mol. The van der Waals surface area contributed by atoms with Crippen molar-refractivity contribution in [2.45, 2.75) is 31.7 Å². The summed E-state index contributed by atoms with van der Waals surface area (Å²) in [4.78, 5) is 11.9. The van der Waals surface area contributed by atoms with E-state index in [1.54, 1.807) is 0 Å². The van der Waals surface area contributed by atoms with E-state index in [4.69, 9.17) is 0 Å². The zero-order valence-corrected chi connectivity index (χ0v) is 11.8. The van der Waals surface area contributed by atoms with Gasteiger partial charge in [0.2, 0.25) is 5.91 Å². The molecule has 1 aliphatic heterocycles. The minimum absolute atomic E-state index is 0.0709. The number of hydrogen-bond donors (Lipinski definition) is 1. The fourth-order valence-electron chi connectivity index (χ4n) is 2.37. The molecule has 0 aliphatic carbocycles. The highest BCUT2D eigenvalue weighted by Gasteiger charge is 2.29. The minimum atomic E-state index is -2.94. The molecule has 1 aromatic rings. The molecular formula is C14H19NO3S. The van der Waals surface area contributed by atoms with Gasteiger partial charge in [-0.3, -0.25) is 4.79 Å². The monoisotopic (exact) mass is 281 g/mol. The lowest BCUT2D eigenvalue weighted by molar-refractivity contribution is -0.121. The molecule has 4 nitrogen and oxygen atoms in total. The standard InChI is InChI=1S/C14H19NO3S/c1-11(12-5-3-2-4-6-12)9-14(16)15-13-7-8-19(17,18)10-13/h2-6,11,13H,7-10H2,1H3,(H,15,16). The summed E-state index contributed by atoms with van der Waals surface area (Å²) in [6.07, 6.45) is 0.925. The van der Waals surface area contributed by atoms with E-state index in [0.29, 0.717) is 12.8 Å². The molecule has 0 spiro atoms. The summed E-state index contributed by atoms with van der Waals surface area (Å²) < 4.78 is 22.6. The fraction of sp³-hybridized carbons (Fsp3) is 0.500. The molecule has 1 saturated heterocycles. The minimum Gasteiger partial charge on any atom is -0.352 e. The molecule has 19 heavy (non-hydrogen) atoms. The Labute approximate surface area is 114 Å². The Kier molecular flexibility index (Phi) is 4.24. The molecule has 5 heteroatoms. The molecule has 1 aromatic carbocycles. The van der Waals surface area contributed by atoms with Gasteiger partial charge in [-0.25, -0.2) is 8.42 Å². The number of carbonyl (C=O) groups is 1. The molecular weight excluding hydrogens is 262 g/mol. The highest BCUT2D eigenvalue weighted by molar-refractivity contribution is 7.91. The molecule has 1 heterocycles. The van der Waals surface area contributed by atoms with Crippen LogP contribution < -0.4 is 5.32 Å². The van der Waals surface area contributed by atoms with Crippen molar-refractivity contribution < 1.29 is 13.2 Å². The maximum atomic E-state index is 11.9. The van der Waals surface area contributed by atoms with Gasteiger partial charge in [0.1, 0.15) is 0 Å². The van der Waals surface area contributed by atoms with Crippen molar-refractivity contribution in [3.8, 4) is 0 Å². The van der Waals surface area contributed by atoms with Crippen molar-refractivity contribution in [1.82, 2.24) is 5.32 Å². The summed E-state index contributed by atoms with van der Waals surface area (Å²) in [6.45, 7) is 2.00. The van der Waals surface area contributed by atoms with Gasteiger partial charge in [0, 0.05) is 12.5 Å². The fourth-order valence-corrected chi connectivity index (χ4v) is 4.05. The number of benzene rings is 1. The lowest BCUT2D eigenvalue weighted by Crippen LogP contribution is -2.36. The van der Waals surface area contributed by atoms with Gasteiger partial charge in [-0.05, 0) is 17.9 Å². The first-order chi connectivity index (χ1) is 8.96. The Morgan fingerprint density at radius 1 is 1.37 bits per heavy atom. The van der Waals surface area contributed by atoms with Crippen LogP contribution in [-0.2, 0) is 14.6 Å². The van der Waals surface area contributed by atoms with Crippen molar-refractivity contribution in [2.24, 2.45) is 0 Å². The number of rotatable bonds is 4. The first-order valence-corrected chi connectivity index (χ1v) is 8.33. The van der Waals surface area contributed by atoms with Crippen LogP contribution in [0.3, 0.4) is 0 Å². The van der Waals surface area contributed by atoms with E-state index >= 15 is 0 Å². The SMILES string of the molecule is CC(CC(=O)NC1CCS(=O)(=O)C1)c1ccccc1. The van der Waals surface area contributed by atoms with Gasteiger partial charge in [0.05, 0.1) is 11.5 Å². The number of nitrogens with one attached hydrogen (secondary N) is 1. The van der Waals surface area contributed by atoms with Crippen LogP contribution in [0.15, 0.2) is 30.3 Å². The average Bonchev–Trinajstić information content (AvgIpc) is 2.69. The number of hydrogen-bond acceptors (Lipinski definition) is 3. The van der Waals surface area contributed by atoms with Gasteiger partial charge in [0.15, 0.2) is 9.84 Å². The van der Waals surface area contributed by atoms with Crippen LogP contribution in [0.1, 0.15) is 31.2 Å². The van der Waals surface area contributed by atoms with Crippen molar-refractivity contribution in [3.63, 3.8) is 0 Å². The highest BCUT2D eigenvalue weighted by atomic mass is 32.2. The predicted octanol–water partition coefficient (Wildman–Crippen LogP) is 1.48. The first kappa shape index (κ1) is 14.1. The molecule has 0 aromatic heterocycles. The third kappa shape index (κ3) is 4.06. The van der Waals surface area contributed by atoms with Crippen LogP contribution in [0, 0.1) is 0 Å². The van der Waals surface area contributed by atoms with E-state index in [-0.39, 0.29) is 29.4 Å². The van der Waals surface area contributed by atoms with Crippen LogP contribution in [-0.4, -0.2) is 31.9 Å². The third-order valence-electron chi connectivity index (χ3n) is 3.46. The van der Waals surface area contributed by atoms with Gasteiger partial charge in [0.25, 0.3) is 0 Å². The van der Waals surface area contributed by atoms with Crippen LogP contribution in [0.25, 0.3) is 0 Å². The van der Waals surface area contributed by atoms with E-state index in [1.807, 2.05) is 37.3 Å². The molecule has 0 saturated carbocycles. The van der Waals surface area contributed by atoms with Crippen LogP contribution in [0.2, 0.25) is 0 Å². The second kappa shape index (κ2) is 5.74. The van der Waals surface area contributed by atoms with E-state index in [2.05, 4.69) is 5.32 Å². The molecule has 1 fully saturated rings. The Hall–Kier alpha value is -1.36. The molecule has 2 atom stereocenters. The Bertz CT molecular complexity index is 539. The second-order valence-electron chi connectivity index (χ2n) is 5.18. The lowest BCUT2D eigenvalue weighted by Gasteiger charge is -2.14. The van der Waals surface area contributed by atoms with E-state index in [0.717, 1.165) is 5.56 Å². The first-order valence-electron chi connectivity index (χ1n) is 6.51. The van der Waals surface area contributed by atoms with Crippen molar-refractivity contribution in [3.05, 3.63) is 35.9 Å². The number of carbonyl (C=O) groups excluding carboxylic acids is 1. The number of sulfone groups is 1. The smallest absolute Gasteiger partial charge is 0.220 e. The van der Waals surface area contributed by atoms with Gasteiger partial charge in [-0.15, -0.1) is 0 Å². The largest absolute Gasteiger partial charge is 0.352 e. The lowest BCUT2D eigenvalue weighted by atomic mass is 9.97. The van der Waals surface area contributed by atoms with Crippen molar-refractivity contribution in [1.29, 1.82) is 0 Å². The average molecular weight is 281 g/mol. The normalized spacial score (nSPS) is 22.9. The van der Waals surface area contributed by atoms with E-state index in [1.165, 1.54) is 0 Å². The molecule has 1 aliphatic rings. The van der Waals surface area contributed by atoms with Crippen LogP contribution in [0.4, 0.5) is 0 Å². The molecule has 1 N–H and O–H groups in total. The summed E-state index contributed by atoms with van der Waals surface area (Å²) >= 11 is 0. The zero-order valence-electron chi connectivity index (χ0n) is 11.0. The summed E-state index contributed by atoms with van der Waals surface area (Å²) in [5.41, 5.74) is 1.12.